The quantitative estimate of drug-likeness (QED) is 0.454. The van der Waals surface area contributed by atoms with Crippen molar-refractivity contribution in [3.8, 4) is 0 Å². The minimum Gasteiger partial charge on any atom is -0.462 e. The van der Waals surface area contributed by atoms with Gasteiger partial charge in [0.1, 0.15) is 0 Å². The third kappa shape index (κ3) is 5.26. The maximum atomic E-state index is 12.9. The van der Waals surface area contributed by atoms with Gasteiger partial charge in [-0.05, 0) is 63.2 Å². The number of nitrogens with zero attached hydrogens (tertiary/aromatic N) is 3. The first-order chi connectivity index (χ1) is 15.5. The first kappa shape index (κ1) is 23.7. The fourth-order valence-corrected chi connectivity index (χ4v) is 4.55. The van der Waals surface area contributed by atoms with Gasteiger partial charge in [-0.2, -0.15) is 4.99 Å². The molecule has 0 aliphatic carbocycles. The third-order valence-electron chi connectivity index (χ3n) is 5.15. The molecule has 0 fully saturated rings. The number of carbonyl (C=O) groups excluding carboxylic acids is 2. The van der Waals surface area contributed by atoms with E-state index in [1.54, 1.807) is 26.2 Å². The Hall–Kier alpha value is -2.97. The number of amides is 1. The standard InChI is InChI=1S/C24H29N3O4S/c1-5-26(6-2)19-11-8-17(9-12-19)22(28)25-24-27(14-15-30-4)20-13-10-18(16-21(20)32-24)23(29)31-7-3/h8-13,16H,5-7,14-15H2,1-4H3. The topological polar surface area (TPSA) is 73.1 Å². The Morgan fingerprint density at radius 1 is 1.03 bits per heavy atom. The highest BCUT2D eigenvalue weighted by atomic mass is 32.1. The number of hydrogen-bond acceptors (Lipinski definition) is 6. The van der Waals surface area contributed by atoms with Crippen LogP contribution >= 0.6 is 11.3 Å². The number of thiazole rings is 1. The predicted molar refractivity (Wildman–Crippen MR) is 128 cm³/mol. The van der Waals surface area contributed by atoms with E-state index in [0.29, 0.717) is 35.7 Å². The van der Waals surface area contributed by atoms with Crippen LogP contribution in [-0.4, -0.2) is 49.9 Å². The lowest BCUT2D eigenvalue weighted by Crippen LogP contribution is -2.21. The molecule has 1 aromatic heterocycles. The van der Waals surface area contributed by atoms with E-state index in [0.717, 1.165) is 29.0 Å². The summed E-state index contributed by atoms with van der Waals surface area (Å²) < 4.78 is 13.1. The van der Waals surface area contributed by atoms with Crippen molar-refractivity contribution in [1.82, 2.24) is 4.57 Å². The molecule has 0 saturated carbocycles. The zero-order valence-corrected chi connectivity index (χ0v) is 19.8. The number of carbonyl (C=O) groups is 2. The van der Waals surface area contributed by atoms with Gasteiger partial charge < -0.3 is 18.9 Å². The Bertz CT molecular complexity index is 1140. The molecule has 0 radical (unpaired) electrons. The summed E-state index contributed by atoms with van der Waals surface area (Å²) in [6.45, 7) is 9.13. The molecule has 1 amide bonds. The van der Waals surface area contributed by atoms with E-state index in [1.165, 1.54) is 11.3 Å². The lowest BCUT2D eigenvalue weighted by molar-refractivity contribution is 0.0526. The van der Waals surface area contributed by atoms with Crippen LogP contribution in [0.3, 0.4) is 0 Å². The summed E-state index contributed by atoms with van der Waals surface area (Å²) in [7, 11) is 1.63. The minimum absolute atomic E-state index is 0.306. The summed E-state index contributed by atoms with van der Waals surface area (Å²) in [5.41, 5.74) is 2.98. The SMILES string of the molecule is CCOC(=O)c1ccc2c(c1)sc(=NC(=O)c1ccc(N(CC)CC)cc1)n2CCOC. The second-order valence-electron chi connectivity index (χ2n) is 7.07. The van der Waals surface area contributed by atoms with Gasteiger partial charge in [0.05, 0.1) is 29.0 Å². The van der Waals surface area contributed by atoms with Crippen LogP contribution in [0.2, 0.25) is 0 Å². The average molecular weight is 456 g/mol. The van der Waals surface area contributed by atoms with E-state index in [9.17, 15) is 9.59 Å². The average Bonchev–Trinajstić information content (AvgIpc) is 3.15. The second-order valence-corrected chi connectivity index (χ2v) is 8.08. The number of esters is 1. The van der Waals surface area contributed by atoms with Crippen molar-refractivity contribution < 1.29 is 19.1 Å². The van der Waals surface area contributed by atoms with Crippen molar-refractivity contribution in [2.75, 3.05) is 38.3 Å². The predicted octanol–water partition coefficient (Wildman–Crippen LogP) is 4.11. The number of aromatic nitrogens is 1. The maximum Gasteiger partial charge on any atom is 0.338 e. The second kappa shape index (κ2) is 11.1. The maximum absolute atomic E-state index is 12.9. The highest BCUT2D eigenvalue weighted by molar-refractivity contribution is 7.16. The molecule has 3 rings (SSSR count). The lowest BCUT2D eigenvalue weighted by atomic mass is 10.2. The molecular formula is C24H29N3O4S. The summed E-state index contributed by atoms with van der Waals surface area (Å²) in [6.07, 6.45) is 0. The Kier molecular flexibility index (Phi) is 8.19. The molecule has 1 heterocycles. The number of methoxy groups -OCH3 is 1. The first-order valence-electron chi connectivity index (χ1n) is 10.8. The largest absolute Gasteiger partial charge is 0.462 e. The molecule has 3 aromatic rings. The smallest absolute Gasteiger partial charge is 0.338 e. The molecular weight excluding hydrogens is 426 g/mol. The zero-order chi connectivity index (χ0) is 23.1. The van der Waals surface area contributed by atoms with Gasteiger partial charge in [0.15, 0.2) is 4.80 Å². The highest BCUT2D eigenvalue weighted by Crippen LogP contribution is 2.21. The van der Waals surface area contributed by atoms with Gasteiger partial charge in [-0.25, -0.2) is 4.79 Å². The number of ether oxygens (including phenoxy) is 2. The molecule has 0 spiro atoms. The van der Waals surface area contributed by atoms with Crippen LogP contribution in [-0.2, 0) is 16.0 Å². The molecule has 8 heteroatoms. The minimum atomic E-state index is -0.367. The molecule has 7 nitrogen and oxygen atoms in total. The summed E-state index contributed by atoms with van der Waals surface area (Å²) in [6, 6.07) is 12.9. The molecule has 32 heavy (non-hydrogen) atoms. The Balaban J connectivity index is 1.99. The summed E-state index contributed by atoms with van der Waals surface area (Å²) >= 11 is 1.37. The van der Waals surface area contributed by atoms with Crippen LogP contribution in [0.5, 0.6) is 0 Å². The van der Waals surface area contributed by atoms with Crippen molar-refractivity contribution in [2.45, 2.75) is 27.3 Å². The number of benzene rings is 2. The van der Waals surface area contributed by atoms with E-state index in [1.807, 2.05) is 34.9 Å². The van der Waals surface area contributed by atoms with Gasteiger partial charge in [0, 0.05) is 38.0 Å². The monoisotopic (exact) mass is 455 g/mol. The van der Waals surface area contributed by atoms with Crippen LogP contribution in [0, 0.1) is 0 Å². The van der Waals surface area contributed by atoms with E-state index in [-0.39, 0.29) is 11.9 Å². The van der Waals surface area contributed by atoms with Crippen molar-refractivity contribution in [3.63, 3.8) is 0 Å². The normalized spacial score (nSPS) is 11.7. The van der Waals surface area contributed by atoms with E-state index in [4.69, 9.17) is 9.47 Å². The van der Waals surface area contributed by atoms with Crippen LogP contribution in [0.4, 0.5) is 5.69 Å². The number of hydrogen-bond donors (Lipinski definition) is 0. The molecule has 0 aliphatic rings. The van der Waals surface area contributed by atoms with Gasteiger partial charge >= 0.3 is 5.97 Å². The third-order valence-corrected chi connectivity index (χ3v) is 6.19. The molecule has 0 aliphatic heterocycles. The Morgan fingerprint density at radius 3 is 2.34 bits per heavy atom. The fraction of sp³-hybridized carbons (Fsp3) is 0.375. The molecule has 2 aromatic carbocycles. The van der Waals surface area contributed by atoms with Crippen LogP contribution in [0.15, 0.2) is 47.5 Å². The fourth-order valence-electron chi connectivity index (χ4n) is 3.45. The van der Waals surface area contributed by atoms with E-state index in [2.05, 4.69) is 23.7 Å². The van der Waals surface area contributed by atoms with Crippen LogP contribution < -0.4 is 9.70 Å². The van der Waals surface area contributed by atoms with Crippen molar-refractivity contribution in [2.24, 2.45) is 4.99 Å². The molecule has 0 N–H and O–H groups in total. The van der Waals surface area contributed by atoms with Crippen molar-refractivity contribution in [1.29, 1.82) is 0 Å². The molecule has 0 bridgehead atoms. The van der Waals surface area contributed by atoms with Crippen LogP contribution in [0.1, 0.15) is 41.5 Å². The molecule has 0 unspecified atom stereocenters. The summed E-state index contributed by atoms with van der Waals surface area (Å²) in [5.74, 6) is -0.673. The Morgan fingerprint density at radius 2 is 1.72 bits per heavy atom. The number of anilines is 1. The molecule has 0 saturated heterocycles. The summed E-state index contributed by atoms with van der Waals surface area (Å²) in [4.78, 5) is 32.2. The van der Waals surface area contributed by atoms with Gasteiger partial charge in [0.2, 0.25) is 0 Å². The van der Waals surface area contributed by atoms with Gasteiger partial charge in [-0.1, -0.05) is 11.3 Å². The molecule has 0 atom stereocenters. The van der Waals surface area contributed by atoms with Crippen molar-refractivity contribution >= 4 is 39.1 Å². The van der Waals surface area contributed by atoms with Crippen LogP contribution in [0.25, 0.3) is 10.2 Å². The first-order valence-corrected chi connectivity index (χ1v) is 11.6. The number of rotatable bonds is 9. The van der Waals surface area contributed by atoms with Gasteiger partial charge in [-0.15, -0.1) is 0 Å². The van der Waals surface area contributed by atoms with E-state index >= 15 is 0 Å². The van der Waals surface area contributed by atoms with Gasteiger partial charge in [0.25, 0.3) is 5.91 Å². The molecule has 170 valence electrons. The van der Waals surface area contributed by atoms with Gasteiger partial charge in [-0.3, -0.25) is 4.79 Å². The highest BCUT2D eigenvalue weighted by Gasteiger charge is 2.13. The van der Waals surface area contributed by atoms with Crippen molar-refractivity contribution in [3.05, 3.63) is 58.4 Å². The zero-order valence-electron chi connectivity index (χ0n) is 19.0. The Labute approximate surface area is 191 Å². The lowest BCUT2D eigenvalue weighted by Gasteiger charge is -2.20. The summed E-state index contributed by atoms with van der Waals surface area (Å²) in [5, 5.41) is 0. The number of fused-ring (bicyclic) bond motifs is 1. The van der Waals surface area contributed by atoms with E-state index < -0.39 is 0 Å².